The first-order valence-electron chi connectivity index (χ1n) is 6.64. The van der Waals surface area contributed by atoms with Gasteiger partial charge in [-0.3, -0.25) is 9.59 Å². The summed E-state index contributed by atoms with van der Waals surface area (Å²) in [5.74, 6) is 0.120. The van der Waals surface area contributed by atoms with Gasteiger partial charge in [0, 0.05) is 37.7 Å². The molecule has 1 fully saturated rings. The SMILES string of the molecule is CC(=O)N1C(C)CN(C(=O)c2ccccc2)CC1C. The fraction of sp³-hybridized carbons (Fsp3) is 0.467. The number of amides is 2. The molecule has 2 atom stereocenters. The van der Waals surface area contributed by atoms with Crippen LogP contribution in [-0.2, 0) is 4.79 Å². The Bertz CT molecular complexity index is 460. The topological polar surface area (TPSA) is 40.6 Å². The Morgan fingerprint density at radius 1 is 1.05 bits per heavy atom. The second kappa shape index (κ2) is 5.43. The Balaban J connectivity index is 2.12. The molecule has 2 amide bonds. The first-order valence-corrected chi connectivity index (χ1v) is 6.64. The minimum atomic E-state index is 0.0440. The van der Waals surface area contributed by atoms with Crippen LogP contribution >= 0.6 is 0 Å². The summed E-state index contributed by atoms with van der Waals surface area (Å²) in [7, 11) is 0. The average Bonchev–Trinajstić information content (AvgIpc) is 2.37. The number of carbonyl (C=O) groups excluding carboxylic acids is 2. The molecule has 1 heterocycles. The van der Waals surface area contributed by atoms with E-state index < -0.39 is 0 Å². The molecule has 0 aliphatic carbocycles. The number of nitrogens with zero attached hydrogens (tertiary/aromatic N) is 2. The highest BCUT2D eigenvalue weighted by atomic mass is 16.2. The van der Waals surface area contributed by atoms with Gasteiger partial charge in [0.15, 0.2) is 0 Å². The summed E-state index contributed by atoms with van der Waals surface area (Å²) < 4.78 is 0. The van der Waals surface area contributed by atoms with E-state index in [2.05, 4.69) is 0 Å². The van der Waals surface area contributed by atoms with Gasteiger partial charge in [-0.2, -0.15) is 0 Å². The summed E-state index contributed by atoms with van der Waals surface area (Å²) in [4.78, 5) is 27.7. The van der Waals surface area contributed by atoms with E-state index in [1.165, 1.54) is 0 Å². The van der Waals surface area contributed by atoms with Gasteiger partial charge >= 0.3 is 0 Å². The lowest BCUT2D eigenvalue weighted by Crippen LogP contribution is -2.59. The second-order valence-corrected chi connectivity index (χ2v) is 5.20. The van der Waals surface area contributed by atoms with Gasteiger partial charge in [0.25, 0.3) is 5.91 Å². The molecule has 4 nitrogen and oxygen atoms in total. The minimum absolute atomic E-state index is 0.0440. The maximum absolute atomic E-state index is 12.4. The van der Waals surface area contributed by atoms with Gasteiger partial charge in [0.2, 0.25) is 5.91 Å². The Morgan fingerprint density at radius 2 is 1.58 bits per heavy atom. The fourth-order valence-electron chi connectivity index (χ4n) is 2.87. The van der Waals surface area contributed by atoms with E-state index in [0.717, 1.165) is 0 Å². The molecule has 4 heteroatoms. The summed E-state index contributed by atoms with van der Waals surface area (Å²) in [6.45, 7) is 6.75. The molecule has 1 aromatic rings. The molecule has 1 saturated heterocycles. The van der Waals surface area contributed by atoms with E-state index in [0.29, 0.717) is 18.7 Å². The van der Waals surface area contributed by atoms with Crippen LogP contribution in [0.4, 0.5) is 0 Å². The second-order valence-electron chi connectivity index (χ2n) is 5.20. The van der Waals surface area contributed by atoms with Gasteiger partial charge in [0.05, 0.1) is 0 Å². The lowest BCUT2D eigenvalue weighted by Gasteiger charge is -2.44. The van der Waals surface area contributed by atoms with Crippen molar-refractivity contribution in [1.82, 2.24) is 9.80 Å². The van der Waals surface area contributed by atoms with E-state index in [-0.39, 0.29) is 23.9 Å². The summed E-state index contributed by atoms with van der Waals surface area (Å²) in [5.41, 5.74) is 0.707. The quantitative estimate of drug-likeness (QED) is 0.772. The predicted octanol–water partition coefficient (Wildman–Crippen LogP) is 1.77. The standard InChI is InChI=1S/C15H20N2O2/c1-11-9-16(10-12(2)17(11)13(3)18)15(19)14-7-5-4-6-8-14/h4-8,11-12H,9-10H2,1-3H3. The summed E-state index contributed by atoms with van der Waals surface area (Å²) in [6, 6.07) is 9.42. The number of piperazine rings is 1. The minimum Gasteiger partial charge on any atom is -0.335 e. The van der Waals surface area contributed by atoms with Gasteiger partial charge in [-0.05, 0) is 26.0 Å². The number of carbonyl (C=O) groups is 2. The fourth-order valence-corrected chi connectivity index (χ4v) is 2.87. The van der Waals surface area contributed by atoms with Gasteiger partial charge in [0.1, 0.15) is 0 Å². The van der Waals surface area contributed by atoms with Crippen LogP contribution in [0, 0.1) is 0 Å². The van der Waals surface area contributed by atoms with Crippen LogP contribution in [0.25, 0.3) is 0 Å². The Labute approximate surface area is 114 Å². The monoisotopic (exact) mass is 260 g/mol. The molecule has 0 saturated carbocycles. The van der Waals surface area contributed by atoms with Crippen molar-refractivity contribution in [3.8, 4) is 0 Å². The molecule has 1 aromatic carbocycles. The van der Waals surface area contributed by atoms with E-state index in [1.807, 2.05) is 54.0 Å². The van der Waals surface area contributed by atoms with Gasteiger partial charge in [-0.25, -0.2) is 0 Å². The van der Waals surface area contributed by atoms with E-state index >= 15 is 0 Å². The summed E-state index contributed by atoms with van der Waals surface area (Å²) >= 11 is 0. The number of rotatable bonds is 1. The number of hydrogen-bond donors (Lipinski definition) is 0. The van der Waals surface area contributed by atoms with Crippen molar-refractivity contribution in [2.24, 2.45) is 0 Å². The third-order valence-corrected chi connectivity index (χ3v) is 3.59. The van der Waals surface area contributed by atoms with E-state index in [9.17, 15) is 9.59 Å². The van der Waals surface area contributed by atoms with Gasteiger partial charge < -0.3 is 9.80 Å². The number of hydrogen-bond acceptors (Lipinski definition) is 2. The van der Waals surface area contributed by atoms with Crippen molar-refractivity contribution in [3.05, 3.63) is 35.9 Å². The molecule has 19 heavy (non-hydrogen) atoms. The summed E-state index contributed by atoms with van der Waals surface area (Å²) in [6.07, 6.45) is 0. The van der Waals surface area contributed by atoms with Gasteiger partial charge in [-0.1, -0.05) is 18.2 Å². The van der Waals surface area contributed by atoms with Gasteiger partial charge in [-0.15, -0.1) is 0 Å². The molecule has 0 aromatic heterocycles. The molecule has 0 bridgehead atoms. The smallest absolute Gasteiger partial charge is 0.253 e. The van der Waals surface area contributed by atoms with Crippen molar-refractivity contribution in [1.29, 1.82) is 0 Å². The maximum atomic E-state index is 12.4. The van der Waals surface area contributed by atoms with Crippen LogP contribution in [0.15, 0.2) is 30.3 Å². The third kappa shape index (κ3) is 2.78. The Morgan fingerprint density at radius 3 is 2.05 bits per heavy atom. The van der Waals surface area contributed by atoms with Crippen molar-refractivity contribution >= 4 is 11.8 Å². The zero-order valence-corrected chi connectivity index (χ0v) is 11.7. The molecule has 0 spiro atoms. The average molecular weight is 260 g/mol. The first-order chi connectivity index (χ1) is 9.00. The van der Waals surface area contributed by atoms with Crippen LogP contribution in [0.3, 0.4) is 0 Å². The molecule has 2 unspecified atom stereocenters. The molecular formula is C15H20N2O2. The molecule has 0 radical (unpaired) electrons. The largest absolute Gasteiger partial charge is 0.335 e. The van der Waals surface area contributed by atoms with Crippen LogP contribution in [0.2, 0.25) is 0 Å². The molecule has 2 rings (SSSR count). The zero-order valence-electron chi connectivity index (χ0n) is 11.7. The molecule has 0 N–H and O–H groups in total. The lowest BCUT2D eigenvalue weighted by atomic mass is 10.1. The highest BCUT2D eigenvalue weighted by molar-refractivity contribution is 5.94. The normalized spacial score (nSPS) is 23.3. The molecule has 1 aliphatic heterocycles. The highest BCUT2D eigenvalue weighted by Gasteiger charge is 2.33. The maximum Gasteiger partial charge on any atom is 0.253 e. The lowest BCUT2D eigenvalue weighted by molar-refractivity contribution is -0.135. The zero-order chi connectivity index (χ0) is 14.0. The molecule has 102 valence electrons. The van der Waals surface area contributed by atoms with Crippen LogP contribution in [0.1, 0.15) is 31.1 Å². The van der Waals surface area contributed by atoms with Crippen LogP contribution in [-0.4, -0.2) is 46.8 Å². The summed E-state index contributed by atoms with van der Waals surface area (Å²) in [5, 5.41) is 0. The van der Waals surface area contributed by atoms with Crippen molar-refractivity contribution < 1.29 is 9.59 Å². The Kier molecular flexibility index (Phi) is 3.88. The van der Waals surface area contributed by atoms with Crippen molar-refractivity contribution in [3.63, 3.8) is 0 Å². The third-order valence-electron chi connectivity index (χ3n) is 3.59. The van der Waals surface area contributed by atoms with E-state index in [1.54, 1.807) is 6.92 Å². The highest BCUT2D eigenvalue weighted by Crippen LogP contribution is 2.18. The van der Waals surface area contributed by atoms with E-state index in [4.69, 9.17) is 0 Å². The number of benzene rings is 1. The Hall–Kier alpha value is -1.84. The van der Waals surface area contributed by atoms with Crippen molar-refractivity contribution in [2.75, 3.05) is 13.1 Å². The molecule has 1 aliphatic rings. The predicted molar refractivity (Wildman–Crippen MR) is 73.8 cm³/mol. The first kappa shape index (κ1) is 13.6. The van der Waals surface area contributed by atoms with Crippen LogP contribution < -0.4 is 0 Å². The molecular weight excluding hydrogens is 240 g/mol. The van der Waals surface area contributed by atoms with Crippen LogP contribution in [0.5, 0.6) is 0 Å². The van der Waals surface area contributed by atoms with Crippen molar-refractivity contribution in [2.45, 2.75) is 32.9 Å².